The van der Waals surface area contributed by atoms with Crippen molar-refractivity contribution in [2.45, 2.75) is 18.6 Å². The number of rotatable bonds is 5. The number of urea groups is 1. The third-order valence-corrected chi connectivity index (χ3v) is 2.67. The van der Waals surface area contributed by atoms with Gasteiger partial charge in [-0.15, -0.1) is 11.8 Å². The Morgan fingerprint density at radius 2 is 2.00 bits per heavy atom. The van der Waals surface area contributed by atoms with Crippen molar-refractivity contribution < 1.29 is 19.5 Å². The van der Waals surface area contributed by atoms with Crippen molar-refractivity contribution in [1.82, 2.24) is 10.6 Å². The minimum absolute atomic E-state index is 0.121. The predicted octanol–water partition coefficient (Wildman–Crippen LogP) is 0.0384. The number of hydrogen-bond donors (Lipinski definition) is 3. The van der Waals surface area contributed by atoms with Crippen LogP contribution in [-0.2, 0) is 9.59 Å². The molecule has 7 heteroatoms. The van der Waals surface area contributed by atoms with Gasteiger partial charge in [-0.05, 0) is 6.92 Å². The summed E-state index contributed by atoms with van der Waals surface area (Å²) in [6.07, 6.45) is 0.121. The summed E-state index contributed by atoms with van der Waals surface area (Å²) in [7, 11) is 1.41. The average molecular weight is 234 g/mol. The van der Waals surface area contributed by atoms with Crippen LogP contribution >= 0.6 is 11.8 Å². The predicted molar refractivity (Wildman–Crippen MR) is 56.8 cm³/mol. The van der Waals surface area contributed by atoms with Gasteiger partial charge in [0.1, 0.15) is 0 Å². The van der Waals surface area contributed by atoms with Gasteiger partial charge in [0.2, 0.25) is 5.91 Å². The Morgan fingerprint density at radius 3 is 2.47 bits per heavy atom. The van der Waals surface area contributed by atoms with E-state index in [2.05, 4.69) is 10.6 Å². The van der Waals surface area contributed by atoms with Gasteiger partial charge in [0.25, 0.3) is 0 Å². The maximum atomic E-state index is 11.0. The highest BCUT2D eigenvalue weighted by Crippen LogP contribution is 2.11. The topological polar surface area (TPSA) is 95.5 Å². The first-order valence-corrected chi connectivity index (χ1v) is 5.38. The van der Waals surface area contributed by atoms with Crippen molar-refractivity contribution in [2.75, 3.05) is 12.8 Å². The summed E-state index contributed by atoms with van der Waals surface area (Å²) in [6, 6.07) is -0.559. The van der Waals surface area contributed by atoms with Crippen LogP contribution in [-0.4, -0.2) is 41.1 Å². The Bertz CT molecular complexity index is 257. The van der Waals surface area contributed by atoms with Gasteiger partial charge in [0.05, 0.1) is 5.25 Å². The lowest BCUT2D eigenvalue weighted by Crippen LogP contribution is -2.37. The number of nitrogens with one attached hydrogen (secondary N) is 2. The molecule has 15 heavy (non-hydrogen) atoms. The fourth-order valence-corrected chi connectivity index (χ4v) is 1.45. The molecule has 0 radical (unpaired) electrons. The second kappa shape index (κ2) is 7.10. The van der Waals surface area contributed by atoms with Gasteiger partial charge in [-0.3, -0.25) is 14.9 Å². The largest absolute Gasteiger partial charge is 0.480 e. The highest BCUT2D eigenvalue weighted by molar-refractivity contribution is 8.00. The van der Waals surface area contributed by atoms with Crippen LogP contribution in [0.15, 0.2) is 0 Å². The summed E-state index contributed by atoms with van der Waals surface area (Å²) >= 11 is 1.16. The first kappa shape index (κ1) is 13.8. The number of carboxylic acids is 1. The molecule has 6 nitrogen and oxygen atoms in total. The molecule has 0 saturated carbocycles. The lowest BCUT2D eigenvalue weighted by molar-refractivity contribution is -0.136. The second-order valence-electron chi connectivity index (χ2n) is 2.73. The van der Waals surface area contributed by atoms with Crippen molar-refractivity contribution in [3.63, 3.8) is 0 Å². The summed E-state index contributed by atoms with van der Waals surface area (Å²) in [6.45, 7) is 1.55. The molecule has 0 bridgehead atoms. The van der Waals surface area contributed by atoms with Gasteiger partial charge < -0.3 is 10.4 Å². The first-order valence-electron chi connectivity index (χ1n) is 4.33. The Morgan fingerprint density at radius 1 is 1.40 bits per heavy atom. The van der Waals surface area contributed by atoms with E-state index in [4.69, 9.17) is 5.11 Å². The van der Waals surface area contributed by atoms with Crippen molar-refractivity contribution >= 4 is 29.7 Å². The molecule has 0 heterocycles. The normalized spacial score (nSPS) is 11.6. The zero-order valence-corrected chi connectivity index (χ0v) is 9.39. The highest BCUT2D eigenvalue weighted by atomic mass is 32.2. The highest BCUT2D eigenvalue weighted by Gasteiger charge is 2.12. The molecule has 0 rings (SSSR count). The molecule has 0 aromatic carbocycles. The Labute approximate surface area is 91.8 Å². The number of thioether (sulfide) groups is 1. The molecular formula is C8H14N2O4S. The van der Waals surface area contributed by atoms with Gasteiger partial charge in [-0.2, -0.15) is 0 Å². The fraction of sp³-hybridized carbons (Fsp3) is 0.625. The van der Waals surface area contributed by atoms with Crippen LogP contribution in [0.1, 0.15) is 13.3 Å². The SMILES string of the molecule is CNC(=O)NC(=O)CCSC(C)C(=O)O. The number of carbonyl (C=O) groups is 3. The molecule has 3 N–H and O–H groups in total. The minimum Gasteiger partial charge on any atom is -0.480 e. The Hall–Kier alpha value is -1.24. The lowest BCUT2D eigenvalue weighted by atomic mass is 10.4. The summed E-state index contributed by atoms with van der Waals surface area (Å²) < 4.78 is 0. The number of carbonyl (C=O) groups excluding carboxylic acids is 2. The van der Waals surface area contributed by atoms with Gasteiger partial charge in [0, 0.05) is 19.2 Å². The zero-order valence-electron chi connectivity index (χ0n) is 8.57. The molecule has 3 amide bonds. The molecule has 0 aromatic rings. The van der Waals surface area contributed by atoms with Crippen molar-refractivity contribution in [2.24, 2.45) is 0 Å². The van der Waals surface area contributed by atoms with Gasteiger partial charge in [-0.25, -0.2) is 4.79 Å². The van der Waals surface area contributed by atoms with Gasteiger partial charge >= 0.3 is 12.0 Å². The quantitative estimate of drug-likeness (QED) is 0.624. The van der Waals surface area contributed by atoms with Crippen molar-refractivity contribution in [3.05, 3.63) is 0 Å². The maximum absolute atomic E-state index is 11.0. The van der Waals surface area contributed by atoms with Crippen LogP contribution in [0.25, 0.3) is 0 Å². The smallest absolute Gasteiger partial charge is 0.321 e. The Balaban J connectivity index is 3.64. The molecular weight excluding hydrogens is 220 g/mol. The van der Waals surface area contributed by atoms with Crippen LogP contribution in [0.5, 0.6) is 0 Å². The third-order valence-electron chi connectivity index (χ3n) is 1.52. The lowest BCUT2D eigenvalue weighted by Gasteiger charge is -2.05. The summed E-state index contributed by atoms with van der Waals surface area (Å²) in [5.74, 6) is -0.956. The molecule has 1 atom stereocenters. The van der Waals surface area contributed by atoms with E-state index in [0.717, 1.165) is 11.8 Å². The molecule has 0 aliphatic rings. The summed E-state index contributed by atoms with van der Waals surface area (Å²) in [5, 5.41) is 12.3. The summed E-state index contributed by atoms with van der Waals surface area (Å²) in [5.41, 5.74) is 0. The molecule has 0 spiro atoms. The molecule has 0 aliphatic carbocycles. The monoisotopic (exact) mass is 234 g/mol. The van der Waals surface area contributed by atoms with E-state index in [0.29, 0.717) is 5.75 Å². The molecule has 86 valence electrons. The molecule has 1 unspecified atom stereocenters. The van der Waals surface area contributed by atoms with Crippen LogP contribution in [0.3, 0.4) is 0 Å². The number of aliphatic carboxylic acids is 1. The van der Waals surface area contributed by atoms with E-state index in [1.807, 2.05) is 0 Å². The standard InChI is InChI=1S/C8H14N2O4S/c1-5(7(12)13)15-4-3-6(11)10-8(14)9-2/h5H,3-4H2,1-2H3,(H,12,13)(H2,9,10,11,14). The van der Waals surface area contributed by atoms with E-state index in [1.54, 1.807) is 6.92 Å². The van der Waals surface area contributed by atoms with Crippen LogP contribution in [0, 0.1) is 0 Å². The van der Waals surface area contributed by atoms with E-state index in [1.165, 1.54) is 7.05 Å². The zero-order chi connectivity index (χ0) is 11.8. The number of hydrogen-bond acceptors (Lipinski definition) is 4. The average Bonchev–Trinajstić information content (AvgIpc) is 2.17. The van der Waals surface area contributed by atoms with Gasteiger partial charge in [-0.1, -0.05) is 0 Å². The van der Waals surface area contributed by atoms with Crippen molar-refractivity contribution in [3.8, 4) is 0 Å². The number of carboxylic acid groups (broad SMARTS) is 1. The van der Waals surface area contributed by atoms with Crippen LogP contribution in [0.2, 0.25) is 0 Å². The van der Waals surface area contributed by atoms with Gasteiger partial charge in [0.15, 0.2) is 0 Å². The van der Waals surface area contributed by atoms with E-state index in [-0.39, 0.29) is 6.42 Å². The van der Waals surface area contributed by atoms with E-state index >= 15 is 0 Å². The number of amides is 3. The third kappa shape index (κ3) is 6.78. The summed E-state index contributed by atoms with van der Waals surface area (Å²) in [4.78, 5) is 32.1. The van der Waals surface area contributed by atoms with Crippen LogP contribution < -0.4 is 10.6 Å². The van der Waals surface area contributed by atoms with E-state index < -0.39 is 23.2 Å². The fourth-order valence-electron chi connectivity index (χ4n) is 0.651. The molecule has 0 fully saturated rings. The molecule has 0 aromatic heterocycles. The molecule has 0 saturated heterocycles. The maximum Gasteiger partial charge on any atom is 0.321 e. The van der Waals surface area contributed by atoms with Crippen molar-refractivity contribution in [1.29, 1.82) is 0 Å². The molecule has 0 aliphatic heterocycles. The van der Waals surface area contributed by atoms with Crippen LogP contribution in [0.4, 0.5) is 4.79 Å². The second-order valence-corrected chi connectivity index (χ2v) is 4.18. The first-order chi connectivity index (χ1) is 6.97. The van der Waals surface area contributed by atoms with E-state index in [9.17, 15) is 14.4 Å². The number of imide groups is 1. The minimum atomic E-state index is -0.910. The Kier molecular flexibility index (Phi) is 6.52.